The number of nitrogens with zero attached hydrogens (tertiary/aromatic N) is 2. The summed E-state index contributed by atoms with van der Waals surface area (Å²) in [6, 6.07) is 9.10. The van der Waals surface area contributed by atoms with Crippen molar-refractivity contribution >= 4 is 17.7 Å². The lowest BCUT2D eigenvalue weighted by Gasteiger charge is -2.27. The van der Waals surface area contributed by atoms with Crippen molar-refractivity contribution in [2.45, 2.75) is 6.92 Å². The molecule has 126 valence electrons. The Morgan fingerprint density at radius 2 is 1.88 bits per heavy atom. The first-order valence-corrected chi connectivity index (χ1v) is 9.01. The summed E-state index contributed by atoms with van der Waals surface area (Å²) in [5.74, 6) is 2.25. The van der Waals surface area contributed by atoms with Gasteiger partial charge in [-0.3, -0.25) is 14.2 Å². The Hall–Kier alpha value is -2.21. The number of benzene rings is 1. The SMILES string of the molecule is COc1ccccc1-n1ccc(C)c(C(=O)N2CCSCC2)c1=O. The molecule has 1 fully saturated rings. The number of carbonyl (C=O) groups excluding carboxylic acids is 1. The average Bonchev–Trinajstić information content (AvgIpc) is 2.62. The molecule has 1 saturated heterocycles. The molecule has 5 nitrogen and oxygen atoms in total. The summed E-state index contributed by atoms with van der Waals surface area (Å²) < 4.78 is 6.83. The smallest absolute Gasteiger partial charge is 0.268 e. The summed E-state index contributed by atoms with van der Waals surface area (Å²) in [5.41, 5.74) is 1.28. The average molecular weight is 344 g/mol. The lowest BCUT2D eigenvalue weighted by molar-refractivity contribution is 0.0769. The molecule has 0 saturated carbocycles. The third kappa shape index (κ3) is 3.06. The van der Waals surface area contributed by atoms with E-state index in [-0.39, 0.29) is 17.0 Å². The molecule has 2 aromatic rings. The van der Waals surface area contributed by atoms with Crippen LogP contribution in [-0.2, 0) is 0 Å². The number of aromatic nitrogens is 1. The Kier molecular flexibility index (Phi) is 4.94. The van der Waals surface area contributed by atoms with Crippen LogP contribution in [-0.4, -0.2) is 47.1 Å². The molecule has 1 aromatic carbocycles. The number of para-hydroxylation sites is 2. The van der Waals surface area contributed by atoms with E-state index in [1.165, 1.54) is 4.57 Å². The molecule has 24 heavy (non-hydrogen) atoms. The van der Waals surface area contributed by atoms with Crippen molar-refractivity contribution in [3.8, 4) is 11.4 Å². The molecular weight excluding hydrogens is 324 g/mol. The van der Waals surface area contributed by atoms with Crippen LogP contribution in [0.15, 0.2) is 41.3 Å². The van der Waals surface area contributed by atoms with E-state index in [1.54, 1.807) is 43.3 Å². The zero-order chi connectivity index (χ0) is 17.1. The van der Waals surface area contributed by atoms with Crippen LogP contribution >= 0.6 is 11.8 Å². The Morgan fingerprint density at radius 3 is 2.58 bits per heavy atom. The molecule has 1 amide bonds. The number of carbonyl (C=O) groups is 1. The second kappa shape index (κ2) is 7.13. The maximum Gasteiger partial charge on any atom is 0.268 e. The summed E-state index contributed by atoms with van der Waals surface area (Å²) in [6.45, 7) is 3.18. The van der Waals surface area contributed by atoms with Crippen molar-refractivity contribution in [2.75, 3.05) is 31.7 Å². The van der Waals surface area contributed by atoms with Crippen LogP contribution in [0.1, 0.15) is 15.9 Å². The lowest BCUT2D eigenvalue weighted by atomic mass is 10.1. The second-order valence-corrected chi connectivity index (χ2v) is 6.85. The predicted octanol–water partition coefficient (Wildman–Crippen LogP) is 2.34. The number of hydrogen-bond donors (Lipinski definition) is 0. The van der Waals surface area contributed by atoms with E-state index in [0.29, 0.717) is 30.1 Å². The Balaban J connectivity index is 2.08. The van der Waals surface area contributed by atoms with E-state index in [0.717, 1.165) is 11.5 Å². The van der Waals surface area contributed by atoms with Gasteiger partial charge >= 0.3 is 0 Å². The van der Waals surface area contributed by atoms with E-state index in [9.17, 15) is 9.59 Å². The predicted molar refractivity (Wildman–Crippen MR) is 96.6 cm³/mol. The van der Waals surface area contributed by atoms with Crippen molar-refractivity contribution in [3.05, 3.63) is 58.0 Å². The van der Waals surface area contributed by atoms with Gasteiger partial charge in [-0.25, -0.2) is 0 Å². The van der Waals surface area contributed by atoms with Gasteiger partial charge in [-0.2, -0.15) is 11.8 Å². The third-order valence-electron chi connectivity index (χ3n) is 4.16. The number of hydrogen-bond acceptors (Lipinski definition) is 4. The normalized spacial score (nSPS) is 14.5. The van der Waals surface area contributed by atoms with Gasteiger partial charge in [-0.1, -0.05) is 12.1 Å². The van der Waals surface area contributed by atoms with Crippen molar-refractivity contribution in [3.63, 3.8) is 0 Å². The number of methoxy groups -OCH3 is 1. The number of aryl methyl sites for hydroxylation is 1. The number of amides is 1. The standard InChI is InChI=1S/C18H20N2O3S/c1-13-7-8-20(14-5-3-4-6-15(14)23-2)18(22)16(13)17(21)19-9-11-24-12-10-19/h3-8H,9-12H2,1-2H3. The first-order chi connectivity index (χ1) is 11.6. The number of pyridine rings is 1. The van der Waals surface area contributed by atoms with Gasteiger partial charge in [0.05, 0.1) is 12.8 Å². The fourth-order valence-electron chi connectivity index (χ4n) is 2.83. The molecule has 0 N–H and O–H groups in total. The van der Waals surface area contributed by atoms with E-state index < -0.39 is 0 Å². The number of thioether (sulfide) groups is 1. The molecule has 0 radical (unpaired) electrons. The zero-order valence-electron chi connectivity index (χ0n) is 13.8. The topological polar surface area (TPSA) is 51.5 Å². The van der Waals surface area contributed by atoms with Crippen molar-refractivity contribution in [1.29, 1.82) is 0 Å². The van der Waals surface area contributed by atoms with E-state index in [1.807, 2.05) is 23.9 Å². The number of rotatable bonds is 3. The minimum atomic E-state index is -0.303. The van der Waals surface area contributed by atoms with Crippen LogP contribution in [0.2, 0.25) is 0 Å². The van der Waals surface area contributed by atoms with Crippen LogP contribution in [0, 0.1) is 6.92 Å². The molecular formula is C18H20N2O3S. The highest BCUT2D eigenvalue weighted by molar-refractivity contribution is 7.99. The molecule has 0 unspecified atom stereocenters. The van der Waals surface area contributed by atoms with Gasteiger partial charge in [-0.15, -0.1) is 0 Å². The molecule has 0 spiro atoms. The molecule has 0 atom stereocenters. The van der Waals surface area contributed by atoms with Gasteiger partial charge in [0.15, 0.2) is 0 Å². The fraction of sp³-hybridized carbons (Fsp3) is 0.333. The van der Waals surface area contributed by atoms with Gasteiger partial charge in [-0.05, 0) is 30.7 Å². The first-order valence-electron chi connectivity index (χ1n) is 7.86. The van der Waals surface area contributed by atoms with Crippen LogP contribution in [0.5, 0.6) is 5.75 Å². The van der Waals surface area contributed by atoms with Crippen LogP contribution in [0.3, 0.4) is 0 Å². The minimum absolute atomic E-state index is 0.179. The quantitative estimate of drug-likeness (QED) is 0.858. The van der Waals surface area contributed by atoms with Crippen LogP contribution in [0.4, 0.5) is 0 Å². The molecule has 0 bridgehead atoms. The maximum atomic E-state index is 13.0. The maximum absolute atomic E-state index is 13.0. The zero-order valence-corrected chi connectivity index (χ0v) is 14.6. The summed E-state index contributed by atoms with van der Waals surface area (Å²) in [5, 5.41) is 0. The van der Waals surface area contributed by atoms with Gasteiger partial charge in [0.1, 0.15) is 11.3 Å². The first kappa shape index (κ1) is 16.6. The summed E-state index contributed by atoms with van der Waals surface area (Å²) in [6.07, 6.45) is 1.69. The Bertz CT molecular complexity index is 810. The van der Waals surface area contributed by atoms with E-state index >= 15 is 0 Å². The lowest BCUT2D eigenvalue weighted by Crippen LogP contribution is -2.41. The van der Waals surface area contributed by atoms with E-state index in [2.05, 4.69) is 0 Å². The molecule has 1 aliphatic rings. The molecule has 3 rings (SSSR count). The Morgan fingerprint density at radius 1 is 1.17 bits per heavy atom. The minimum Gasteiger partial charge on any atom is -0.495 e. The van der Waals surface area contributed by atoms with Crippen molar-refractivity contribution < 1.29 is 9.53 Å². The largest absolute Gasteiger partial charge is 0.495 e. The van der Waals surface area contributed by atoms with Gasteiger partial charge in [0.2, 0.25) is 0 Å². The van der Waals surface area contributed by atoms with Crippen LogP contribution < -0.4 is 10.3 Å². The van der Waals surface area contributed by atoms with Crippen molar-refractivity contribution in [1.82, 2.24) is 9.47 Å². The molecule has 1 aromatic heterocycles. The monoisotopic (exact) mass is 344 g/mol. The highest BCUT2D eigenvalue weighted by atomic mass is 32.2. The summed E-state index contributed by atoms with van der Waals surface area (Å²) in [4.78, 5) is 27.6. The molecule has 6 heteroatoms. The van der Waals surface area contributed by atoms with E-state index in [4.69, 9.17) is 4.74 Å². The number of ether oxygens (including phenoxy) is 1. The van der Waals surface area contributed by atoms with Gasteiger partial charge in [0, 0.05) is 30.8 Å². The summed E-state index contributed by atoms with van der Waals surface area (Å²) >= 11 is 1.83. The summed E-state index contributed by atoms with van der Waals surface area (Å²) in [7, 11) is 1.57. The van der Waals surface area contributed by atoms with Gasteiger partial charge in [0.25, 0.3) is 11.5 Å². The van der Waals surface area contributed by atoms with Gasteiger partial charge < -0.3 is 9.64 Å². The second-order valence-electron chi connectivity index (χ2n) is 5.63. The third-order valence-corrected chi connectivity index (χ3v) is 5.10. The van der Waals surface area contributed by atoms with Crippen molar-refractivity contribution in [2.24, 2.45) is 0 Å². The molecule has 0 aliphatic carbocycles. The molecule has 2 heterocycles. The highest BCUT2D eigenvalue weighted by Crippen LogP contribution is 2.21. The fourth-order valence-corrected chi connectivity index (χ4v) is 3.73. The van der Waals surface area contributed by atoms with Crippen LogP contribution in [0.25, 0.3) is 5.69 Å². The Labute approximate surface area is 145 Å². The highest BCUT2D eigenvalue weighted by Gasteiger charge is 2.24. The molecule has 1 aliphatic heterocycles.